The van der Waals surface area contributed by atoms with Crippen molar-refractivity contribution in [3.8, 4) is 0 Å². The summed E-state index contributed by atoms with van der Waals surface area (Å²) in [5, 5.41) is 10.00. The molecule has 3 heterocycles. The number of hydrazone groups is 1. The zero-order chi connectivity index (χ0) is 26.2. The third kappa shape index (κ3) is 5.13. The fraction of sp³-hybridized carbons (Fsp3) is 0.357. The Balaban J connectivity index is 1.33. The van der Waals surface area contributed by atoms with Crippen LogP contribution in [-0.4, -0.2) is 62.6 Å². The molecule has 2 atom stereocenters. The number of hydrogen-bond acceptors (Lipinski definition) is 5. The summed E-state index contributed by atoms with van der Waals surface area (Å²) < 4.78 is 1.96. The third-order valence-corrected chi connectivity index (χ3v) is 6.98. The molecule has 37 heavy (non-hydrogen) atoms. The predicted molar refractivity (Wildman–Crippen MR) is 141 cm³/mol. The zero-order valence-electron chi connectivity index (χ0n) is 21.1. The van der Waals surface area contributed by atoms with Gasteiger partial charge in [-0.3, -0.25) is 14.4 Å². The van der Waals surface area contributed by atoms with Gasteiger partial charge in [-0.2, -0.15) is 5.10 Å². The number of piperidine rings is 1. The lowest BCUT2D eigenvalue weighted by Crippen LogP contribution is -2.59. The van der Waals surface area contributed by atoms with Gasteiger partial charge in [-0.15, -0.1) is 0 Å². The van der Waals surface area contributed by atoms with E-state index in [0.29, 0.717) is 19.5 Å². The lowest BCUT2D eigenvalue weighted by atomic mass is 9.95. The van der Waals surface area contributed by atoms with Crippen molar-refractivity contribution in [1.82, 2.24) is 19.8 Å². The topological polar surface area (TPSA) is 113 Å². The van der Waals surface area contributed by atoms with Crippen LogP contribution < -0.4 is 11.1 Å². The van der Waals surface area contributed by atoms with E-state index in [1.54, 1.807) is 18.7 Å². The van der Waals surface area contributed by atoms with Crippen molar-refractivity contribution in [1.29, 1.82) is 0 Å². The molecule has 9 heteroatoms. The highest BCUT2D eigenvalue weighted by Crippen LogP contribution is 2.26. The summed E-state index contributed by atoms with van der Waals surface area (Å²) in [4.78, 5) is 41.4. The van der Waals surface area contributed by atoms with Gasteiger partial charge in [0.05, 0.1) is 30.3 Å². The van der Waals surface area contributed by atoms with Crippen LogP contribution in [0.3, 0.4) is 0 Å². The van der Waals surface area contributed by atoms with Crippen LogP contribution in [0.5, 0.6) is 0 Å². The molecule has 1 fully saturated rings. The SMILES string of the molecule is CC(C)(N)C(=O)N[C@H](Cn1ccc2ccccc21)C(=O)N1CCC2=NN(Cc3ccccc3)C(=O)C2C1. The molecular weight excluding hydrogens is 468 g/mol. The van der Waals surface area contributed by atoms with Crippen LogP contribution in [-0.2, 0) is 27.5 Å². The molecule has 0 radical (unpaired) electrons. The van der Waals surface area contributed by atoms with Gasteiger partial charge in [0.15, 0.2) is 0 Å². The smallest absolute Gasteiger partial charge is 0.253 e. The molecule has 3 N–H and O–H groups in total. The molecule has 1 aromatic heterocycles. The fourth-order valence-corrected chi connectivity index (χ4v) is 4.88. The van der Waals surface area contributed by atoms with Gasteiger partial charge in [-0.05, 0) is 36.9 Å². The van der Waals surface area contributed by atoms with Crippen molar-refractivity contribution in [2.75, 3.05) is 13.1 Å². The Morgan fingerprint density at radius 1 is 1.11 bits per heavy atom. The molecule has 2 aliphatic rings. The molecule has 9 nitrogen and oxygen atoms in total. The standard InChI is InChI=1S/C28H32N6O3/c1-28(2,29)27(37)30-23(18-32-14-12-20-10-6-7-11-24(20)32)26(36)33-15-13-22-21(17-33)25(35)34(31-22)16-19-8-4-3-5-9-19/h3-12,14,21,23H,13,15-18,29H2,1-2H3,(H,30,37)/t21?,23-/m1/s1. The highest BCUT2D eigenvalue weighted by Gasteiger charge is 2.42. The van der Waals surface area contributed by atoms with E-state index in [0.717, 1.165) is 22.2 Å². The summed E-state index contributed by atoms with van der Waals surface area (Å²) in [6.07, 6.45) is 2.43. The van der Waals surface area contributed by atoms with Crippen LogP contribution in [0.1, 0.15) is 25.8 Å². The molecule has 3 amide bonds. The van der Waals surface area contributed by atoms with E-state index in [1.807, 2.05) is 71.4 Å². The number of benzene rings is 2. The second-order valence-electron chi connectivity index (χ2n) is 10.3. The quantitative estimate of drug-likeness (QED) is 0.517. The van der Waals surface area contributed by atoms with Crippen LogP contribution in [0.4, 0.5) is 0 Å². The van der Waals surface area contributed by atoms with E-state index >= 15 is 0 Å². The van der Waals surface area contributed by atoms with E-state index in [2.05, 4.69) is 10.4 Å². The number of nitrogens with two attached hydrogens (primary N) is 1. The minimum atomic E-state index is -1.14. The number of carbonyl (C=O) groups excluding carboxylic acids is 3. The number of likely N-dealkylation sites (tertiary alicyclic amines) is 1. The summed E-state index contributed by atoms with van der Waals surface area (Å²) in [7, 11) is 0. The van der Waals surface area contributed by atoms with Crippen molar-refractivity contribution >= 4 is 34.3 Å². The fourth-order valence-electron chi connectivity index (χ4n) is 4.88. The maximum Gasteiger partial charge on any atom is 0.253 e. The van der Waals surface area contributed by atoms with Gasteiger partial charge >= 0.3 is 0 Å². The first-order valence-electron chi connectivity index (χ1n) is 12.6. The Hall–Kier alpha value is -3.98. The average molecular weight is 501 g/mol. The predicted octanol–water partition coefficient (Wildman–Crippen LogP) is 2.11. The van der Waals surface area contributed by atoms with E-state index in [9.17, 15) is 14.4 Å². The first kappa shape index (κ1) is 24.7. The van der Waals surface area contributed by atoms with Crippen molar-refractivity contribution < 1.29 is 14.4 Å². The molecular formula is C28H32N6O3. The molecule has 0 spiro atoms. The highest BCUT2D eigenvalue weighted by atomic mass is 16.2. The van der Waals surface area contributed by atoms with E-state index in [4.69, 9.17) is 5.73 Å². The molecule has 1 unspecified atom stereocenters. The number of nitrogens with one attached hydrogen (secondary N) is 1. The molecule has 5 rings (SSSR count). The number of fused-ring (bicyclic) bond motifs is 2. The van der Waals surface area contributed by atoms with Crippen molar-refractivity contribution in [3.63, 3.8) is 0 Å². The summed E-state index contributed by atoms with van der Waals surface area (Å²) in [6.45, 7) is 4.55. The van der Waals surface area contributed by atoms with Crippen LogP contribution in [0, 0.1) is 5.92 Å². The lowest BCUT2D eigenvalue weighted by molar-refractivity contribution is -0.140. The number of hydrogen-bond donors (Lipinski definition) is 2. The van der Waals surface area contributed by atoms with Gasteiger partial charge in [-0.25, -0.2) is 5.01 Å². The Labute approximate surface area is 215 Å². The largest absolute Gasteiger partial charge is 0.345 e. The highest BCUT2D eigenvalue weighted by molar-refractivity contribution is 6.09. The van der Waals surface area contributed by atoms with Gasteiger partial charge in [0.25, 0.3) is 5.91 Å². The summed E-state index contributed by atoms with van der Waals surface area (Å²) in [6, 6.07) is 18.7. The molecule has 3 aromatic rings. The van der Waals surface area contributed by atoms with Crippen molar-refractivity contribution in [2.45, 2.75) is 44.9 Å². The molecule has 1 saturated heterocycles. The second-order valence-corrected chi connectivity index (χ2v) is 10.3. The lowest BCUT2D eigenvalue weighted by Gasteiger charge is -2.34. The average Bonchev–Trinajstić information content (AvgIpc) is 3.43. The van der Waals surface area contributed by atoms with Gasteiger partial charge in [0.2, 0.25) is 11.8 Å². The van der Waals surface area contributed by atoms with Crippen molar-refractivity contribution in [2.24, 2.45) is 16.8 Å². The zero-order valence-corrected chi connectivity index (χ0v) is 21.1. The third-order valence-electron chi connectivity index (χ3n) is 6.98. The van der Waals surface area contributed by atoms with Crippen LogP contribution in [0.25, 0.3) is 10.9 Å². The van der Waals surface area contributed by atoms with Crippen LogP contribution in [0.15, 0.2) is 72.0 Å². The Bertz CT molecular complexity index is 1360. The molecule has 0 bridgehead atoms. The summed E-state index contributed by atoms with van der Waals surface area (Å²) in [5.74, 6) is -1.20. The van der Waals surface area contributed by atoms with Crippen LogP contribution >= 0.6 is 0 Å². The Kier molecular flexibility index (Phi) is 6.55. The van der Waals surface area contributed by atoms with Gasteiger partial charge in [-0.1, -0.05) is 48.5 Å². The monoisotopic (exact) mass is 500 g/mol. The number of amides is 3. The maximum atomic E-state index is 13.8. The minimum Gasteiger partial charge on any atom is -0.345 e. The van der Waals surface area contributed by atoms with Crippen LogP contribution in [0.2, 0.25) is 0 Å². The first-order chi connectivity index (χ1) is 17.7. The number of nitrogens with zero attached hydrogens (tertiary/aromatic N) is 4. The minimum absolute atomic E-state index is 0.101. The molecule has 192 valence electrons. The van der Waals surface area contributed by atoms with Gasteiger partial charge < -0.3 is 20.5 Å². The number of aromatic nitrogens is 1. The normalized spacial score (nSPS) is 18.5. The Morgan fingerprint density at radius 3 is 2.59 bits per heavy atom. The first-order valence-corrected chi connectivity index (χ1v) is 12.6. The number of rotatable bonds is 7. The molecule has 0 aliphatic carbocycles. The summed E-state index contributed by atoms with van der Waals surface area (Å²) in [5.41, 5.74) is 7.66. The second kappa shape index (κ2) is 9.82. The summed E-state index contributed by atoms with van der Waals surface area (Å²) >= 11 is 0. The van der Waals surface area contributed by atoms with Crippen molar-refractivity contribution in [3.05, 3.63) is 72.4 Å². The Morgan fingerprint density at radius 2 is 1.84 bits per heavy atom. The molecule has 2 aromatic carbocycles. The molecule has 0 saturated carbocycles. The van der Waals surface area contributed by atoms with E-state index < -0.39 is 23.4 Å². The number of para-hydroxylation sites is 1. The van der Waals surface area contributed by atoms with Gasteiger partial charge in [0.1, 0.15) is 6.04 Å². The van der Waals surface area contributed by atoms with E-state index in [-0.39, 0.29) is 24.9 Å². The van der Waals surface area contributed by atoms with E-state index in [1.165, 1.54) is 5.01 Å². The number of carbonyl (C=O) groups is 3. The molecule has 2 aliphatic heterocycles. The van der Waals surface area contributed by atoms with Gasteiger partial charge in [0, 0.05) is 31.2 Å². The maximum absolute atomic E-state index is 13.8.